The molecule has 0 saturated heterocycles. The molecule has 250 valence electrons. The van der Waals surface area contributed by atoms with Crippen molar-refractivity contribution >= 4 is 57.7 Å². The minimum absolute atomic E-state index is 0. The van der Waals surface area contributed by atoms with Gasteiger partial charge in [0.15, 0.2) is 0 Å². The fourth-order valence-electron chi connectivity index (χ4n) is 6.66. The van der Waals surface area contributed by atoms with E-state index in [-0.39, 0.29) is 19.5 Å². The number of hydrogen-bond donors (Lipinski definition) is 2. The van der Waals surface area contributed by atoms with Crippen LogP contribution in [0.1, 0.15) is 33.9 Å². The number of rotatable bonds is 8. The van der Waals surface area contributed by atoms with E-state index in [0.717, 1.165) is 91.6 Å². The van der Waals surface area contributed by atoms with E-state index in [1.165, 1.54) is 11.1 Å². The van der Waals surface area contributed by atoms with Crippen molar-refractivity contribution in [1.82, 2.24) is 19.9 Å². The fraction of sp³-hybridized carbons (Fsp3) is 0.0435. The molecule has 7 heteroatoms. The Morgan fingerprint density at radius 3 is 1.26 bits per heavy atom. The predicted molar refractivity (Wildman–Crippen MR) is 215 cm³/mol. The van der Waals surface area contributed by atoms with Gasteiger partial charge in [-0.15, -0.1) is 22.1 Å². The Morgan fingerprint density at radius 2 is 0.849 bits per heavy atom. The van der Waals surface area contributed by atoms with Crippen LogP contribution in [0.2, 0.25) is 0 Å². The number of fused-ring (bicyclic) bond motifs is 8. The zero-order valence-electron chi connectivity index (χ0n) is 29.1. The monoisotopic (exact) mass is 734 g/mol. The van der Waals surface area contributed by atoms with Crippen LogP contribution in [-0.4, -0.2) is 9.97 Å². The molecule has 0 radical (unpaired) electrons. The first-order valence-electron chi connectivity index (χ1n) is 17.5. The van der Waals surface area contributed by atoms with Crippen molar-refractivity contribution in [2.75, 3.05) is 10.6 Å². The fourth-order valence-corrected chi connectivity index (χ4v) is 6.66. The first-order chi connectivity index (χ1) is 25.7. The number of aromatic nitrogens is 4. The maximum atomic E-state index is 5.08. The van der Waals surface area contributed by atoms with Crippen molar-refractivity contribution in [3.8, 4) is 22.3 Å². The Bertz CT molecular complexity index is 2420. The summed E-state index contributed by atoms with van der Waals surface area (Å²) in [6.07, 6.45) is 8.23. The molecule has 5 heterocycles. The molecule has 9 rings (SSSR count). The normalized spacial score (nSPS) is 11.6. The molecule has 2 N–H and O–H groups in total. The predicted octanol–water partition coefficient (Wildman–Crippen LogP) is 10.5. The maximum Gasteiger partial charge on any atom is 2.00 e. The molecule has 0 amide bonds. The zero-order valence-corrected chi connectivity index (χ0v) is 32.0. The number of benzene rings is 4. The molecule has 0 atom stereocenters. The molecule has 6 nitrogen and oxygen atoms in total. The molecule has 0 fully saturated rings. The van der Waals surface area contributed by atoms with E-state index in [1.54, 1.807) is 0 Å². The van der Waals surface area contributed by atoms with Crippen LogP contribution in [0.4, 0.5) is 11.4 Å². The van der Waals surface area contributed by atoms with Crippen LogP contribution in [0, 0.1) is 0 Å². The molecule has 0 aliphatic carbocycles. The van der Waals surface area contributed by atoms with Gasteiger partial charge < -0.3 is 20.6 Å². The first-order valence-corrected chi connectivity index (χ1v) is 17.5. The minimum Gasteiger partial charge on any atom is -0.657 e. The molecule has 7 aromatic rings. The molecule has 0 saturated carbocycles. The Labute approximate surface area is 321 Å². The number of nitrogens with one attached hydrogen (secondary N) is 2. The van der Waals surface area contributed by atoms with Gasteiger partial charge in [0.1, 0.15) is 0 Å². The molecule has 4 aromatic carbocycles. The summed E-state index contributed by atoms with van der Waals surface area (Å²) >= 11 is 0. The van der Waals surface area contributed by atoms with Crippen LogP contribution in [0.25, 0.3) is 68.6 Å². The van der Waals surface area contributed by atoms with Gasteiger partial charge in [-0.3, -0.25) is 0 Å². The first kappa shape index (κ1) is 33.8. The Kier molecular flexibility index (Phi) is 9.65. The summed E-state index contributed by atoms with van der Waals surface area (Å²) < 4.78 is 0. The van der Waals surface area contributed by atoms with Gasteiger partial charge in [0, 0.05) is 24.5 Å². The molecule has 0 unspecified atom stereocenters. The minimum atomic E-state index is 0. The molecular formula is C46H34N6Zn. The third-order valence-electron chi connectivity index (χ3n) is 9.29. The van der Waals surface area contributed by atoms with Crippen LogP contribution < -0.4 is 20.6 Å². The summed E-state index contributed by atoms with van der Waals surface area (Å²) in [6, 6.07) is 50.1. The maximum absolute atomic E-state index is 5.08. The van der Waals surface area contributed by atoms with Gasteiger partial charge in [0.05, 0.1) is 22.8 Å². The Morgan fingerprint density at radius 1 is 0.434 bits per heavy atom. The number of nitrogens with zero attached hydrogens (tertiary/aromatic N) is 4. The quantitative estimate of drug-likeness (QED) is 0.151. The van der Waals surface area contributed by atoms with E-state index in [0.29, 0.717) is 0 Å². The summed E-state index contributed by atoms with van der Waals surface area (Å²) in [4.78, 5) is 20.3. The molecular weight excluding hydrogens is 702 g/mol. The third-order valence-corrected chi connectivity index (χ3v) is 9.29. The second-order valence-corrected chi connectivity index (χ2v) is 12.9. The second kappa shape index (κ2) is 15.1. The molecule has 2 aliphatic rings. The smallest absolute Gasteiger partial charge is 0.657 e. The average Bonchev–Trinajstić information content (AvgIpc) is 4.03. The van der Waals surface area contributed by atoms with Crippen molar-refractivity contribution in [2.24, 2.45) is 0 Å². The largest absolute Gasteiger partial charge is 2.00 e. The summed E-state index contributed by atoms with van der Waals surface area (Å²) in [5.41, 5.74) is 15.4. The molecule has 0 spiro atoms. The summed E-state index contributed by atoms with van der Waals surface area (Å²) in [7, 11) is 0. The van der Waals surface area contributed by atoms with Crippen LogP contribution in [0.3, 0.4) is 0 Å². The molecule has 8 bridgehead atoms. The van der Waals surface area contributed by atoms with Gasteiger partial charge >= 0.3 is 19.5 Å². The van der Waals surface area contributed by atoms with E-state index < -0.39 is 0 Å². The summed E-state index contributed by atoms with van der Waals surface area (Å²) in [5, 5.41) is 7.06. The van der Waals surface area contributed by atoms with E-state index >= 15 is 0 Å². The van der Waals surface area contributed by atoms with Crippen LogP contribution in [0.15, 0.2) is 146 Å². The number of hydrogen-bond acceptors (Lipinski definition) is 4. The van der Waals surface area contributed by atoms with Gasteiger partial charge in [-0.05, 0) is 82.0 Å². The Balaban J connectivity index is 0.00000400. The van der Waals surface area contributed by atoms with E-state index in [9.17, 15) is 0 Å². The van der Waals surface area contributed by atoms with Crippen molar-refractivity contribution in [1.29, 1.82) is 0 Å². The summed E-state index contributed by atoms with van der Waals surface area (Å²) in [5.74, 6) is 0. The summed E-state index contributed by atoms with van der Waals surface area (Å²) in [6.45, 7) is 1.52. The van der Waals surface area contributed by atoms with Crippen LogP contribution >= 0.6 is 0 Å². The van der Waals surface area contributed by atoms with Crippen molar-refractivity contribution in [3.05, 3.63) is 179 Å². The molecule has 3 aromatic heterocycles. The van der Waals surface area contributed by atoms with Gasteiger partial charge in [-0.1, -0.05) is 121 Å². The van der Waals surface area contributed by atoms with Crippen molar-refractivity contribution < 1.29 is 19.5 Å². The van der Waals surface area contributed by atoms with Crippen molar-refractivity contribution in [3.63, 3.8) is 0 Å². The third kappa shape index (κ3) is 7.53. The van der Waals surface area contributed by atoms with E-state index in [2.05, 4.69) is 132 Å². The topological polar surface area (TPSA) is 78.0 Å². The van der Waals surface area contributed by atoms with E-state index in [1.807, 2.05) is 48.6 Å². The van der Waals surface area contributed by atoms with Crippen LogP contribution in [-0.2, 0) is 32.6 Å². The molecule has 53 heavy (non-hydrogen) atoms. The number of anilines is 2. The Hall–Kier alpha value is -6.30. The zero-order chi connectivity index (χ0) is 34.7. The van der Waals surface area contributed by atoms with Crippen LogP contribution in [0.5, 0.6) is 0 Å². The van der Waals surface area contributed by atoms with Crippen molar-refractivity contribution in [2.45, 2.75) is 13.1 Å². The second-order valence-electron chi connectivity index (χ2n) is 12.9. The van der Waals surface area contributed by atoms with Gasteiger partial charge in [0.2, 0.25) is 0 Å². The SMILES string of the molecule is C1=Cc2nc1cc1ccc([n-]1)c(-c1ccc(NCc3ccccc3)cc1)c1nc(cc3ccc([n-]3)c2-c2ccc(NCc3ccccc3)cc2)C=C1.[Zn+2]. The average molecular weight is 736 g/mol. The standard InChI is InChI=1S/C46H34N6.Zn/c1-3-7-31(8-4-1)29-47-35-15-11-33(12-16-35)45-41-23-19-37(49-41)27-39-21-25-43(51-39)46(44-26-22-40(52-44)28-38-20-24-42(45)50-38)34-13-17-36(18-14-34)48-30-32-9-5-2-6-10-32;/h1-28,47-48H,29-30H2;/q-2;+2. The van der Waals surface area contributed by atoms with Gasteiger partial charge in [-0.2, -0.15) is 0 Å². The van der Waals surface area contributed by atoms with Gasteiger partial charge in [-0.25, -0.2) is 9.97 Å². The van der Waals surface area contributed by atoms with Gasteiger partial charge in [0.25, 0.3) is 0 Å². The van der Waals surface area contributed by atoms with E-state index in [4.69, 9.17) is 19.9 Å². The molecule has 2 aliphatic heterocycles.